The molecule has 0 aromatic heterocycles. The van der Waals surface area contributed by atoms with E-state index in [2.05, 4.69) is 4.72 Å². The van der Waals surface area contributed by atoms with Crippen molar-refractivity contribution in [2.24, 2.45) is 0 Å². The molecule has 0 spiro atoms. The van der Waals surface area contributed by atoms with Crippen molar-refractivity contribution in [3.63, 3.8) is 0 Å². The molecule has 25 heavy (non-hydrogen) atoms. The van der Waals surface area contributed by atoms with Crippen LogP contribution in [0.5, 0.6) is 11.5 Å². The molecule has 1 aromatic carbocycles. The first-order chi connectivity index (χ1) is 11.7. The van der Waals surface area contributed by atoms with Gasteiger partial charge in [0.2, 0.25) is 15.9 Å². The van der Waals surface area contributed by atoms with E-state index in [1.807, 2.05) is 0 Å². The van der Waals surface area contributed by atoms with Crippen LogP contribution >= 0.6 is 0 Å². The van der Waals surface area contributed by atoms with Crippen LogP contribution < -0.4 is 14.2 Å². The summed E-state index contributed by atoms with van der Waals surface area (Å²) in [5.41, 5.74) is 0. The number of nitrogens with zero attached hydrogens (tertiary/aromatic N) is 1. The van der Waals surface area contributed by atoms with Gasteiger partial charge in [-0.1, -0.05) is 0 Å². The van der Waals surface area contributed by atoms with Crippen molar-refractivity contribution in [2.75, 3.05) is 34.4 Å². The van der Waals surface area contributed by atoms with Crippen LogP contribution in [-0.4, -0.2) is 64.7 Å². The van der Waals surface area contributed by atoms with E-state index in [0.29, 0.717) is 5.75 Å². The quantitative estimate of drug-likeness (QED) is 0.604. The monoisotopic (exact) mass is 374 g/mol. The zero-order chi connectivity index (χ0) is 19.0. The normalized spacial score (nSPS) is 11.0. The van der Waals surface area contributed by atoms with Gasteiger partial charge in [-0.3, -0.25) is 9.59 Å². The molecule has 0 aliphatic rings. The van der Waals surface area contributed by atoms with Crippen molar-refractivity contribution >= 4 is 21.9 Å². The molecule has 1 amide bonds. The lowest BCUT2D eigenvalue weighted by molar-refractivity contribution is -0.138. The van der Waals surface area contributed by atoms with Crippen molar-refractivity contribution in [1.29, 1.82) is 0 Å². The number of nitrogens with one attached hydrogen (secondary N) is 1. The third-order valence-electron chi connectivity index (χ3n) is 3.38. The van der Waals surface area contributed by atoms with E-state index in [9.17, 15) is 18.0 Å². The third-order valence-corrected chi connectivity index (χ3v) is 4.84. The number of hydrogen-bond donors (Lipinski definition) is 2. The van der Waals surface area contributed by atoms with Crippen molar-refractivity contribution in [1.82, 2.24) is 9.62 Å². The molecule has 0 saturated heterocycles. The average Bonchev–Trinajstić information content (AvgIpc) is 2.58. The first kappa shape index (κ1) is 20.7. The number of methoxy groups -OCH3 is 2. The molecule has 0 atom stereocenters. The summed E-state index contributed by atoms with van der Waals surface area (Å²) < 4.78 is 37.0. The molecule has 1 rings (SSSR count). The fourth-order valence-electron chi connectivity index (χ4n) is 1.94. The van der Waals surface area contributed by atoms with Crippen molar-refractivity contribution in [3.05, 3.63) is 18.2 Å². The molecule has 0 unspecified atom stereocenters. The number of carbonyl (C=O) groups is 2. The number of carbonyl (C=O) groups excluding carboxylic acids is 1. The summed E-state index contributed by atoms with van der Waals surface area (Å²) in [7, 11) is 0.488. The zero-order valence-electron chi connectivity index (χ0n) is 14.3. The number of amides is 1. The SMILES string of the molecule is COc1ccc(S(=O)(=O)NCCC(=O)N(C)CCC(=O)O)cc1OC. The lowest BCUT2D eigenvalue weighted by atomic mass is 10.3. The Labute approximate surface area is 146 Å². The van der Waals surface area contributed by atoms with Gasteiger partial charge < -0.3 is 19.5 Å². The molecule has 140 valence electrons. The number of benzene rings is 1. The summed E-state index contributed by atoms with van der Waals surface area (Å²) >= 11 is 0. The second-order valence-electron chi connectivity index (χ2n) is 5.12. The van der Waals surface area contributed by atoms with Crippen molar-refractivity contribution in [2.45, 2.75) is 17.7 Å². The lowest BCUT2D eigenvalue weighted by Crippen LogP contribution is -2.33. The Hall–Kier alpha value is -2.33. The number of sulfonamides is 1. The molecular formula is C15H22N2O7S. The van der Waals surface area contributed by atoms with Crippen LogP contribution in [0.2, 0.25) is 0 Å². The first-order valence-corrected chi connectivity index (χ1v) is 8.87. The Morgan fingerprint density at radius 1 is 1.16 bits per heavy atom. The number of carboxylic acid groups (broad SMARTS) is 1. The minimum atomic E-state index is -3.82. The van der Waals surface area contributed by atoms with Gasteiger partial charge in [0.25, 0.3) is 0 Å². The van der Waals surface area contributed by atoms with Crippen LogP contribution in [0.15, 0.2) is 23.1 Å². The summed E-state index contributed by atoms with van der Waals surface area (Å²) in [5.74, 6) is -0.684. The van der Waals surface area contributed by atoms with E-state index in [0.717, 1.165) is 0 Å². The highest BCUT2D eigenvalue weighted by Gasteiger charge is 2.18. The Morgan fingerprint density at radius 3 is 2.36 bits per heavy atom. The molecule has 0 radical (unpaired) electrons. The summed E-state index contributed by atoms with van der Waals surface area (Å²) in [4.78, 5) is 23.5. The largest absolute Gasteiger partial charge is 0.493 e. The van der Waals surface area contributed by atoms with Gasteiger partial charge >= 0.3 is 5.97 Å². The van der Waals surface area contributed by atoms with Gasteiger partial charge in [0.05, 0.1) is 25.5 Å². The molecule has 10 heteroatoms. The highest BCUT2D eigenvalue weighted by Crippen LogP contribution is 2.29. The Bertz CT molecular complexity index is 719. The van der Waals surface area contributed by atoms with Crippen LogP contribution in [0.4, 0.5) is 0 Å². The summed E-state index contributed by atoms with van der Waals surface area (Å²) in [6, 6.07) is 4.16. The van der Waals surface area contributed by atoms with Crippen LogP contribution in [-0.2, 0) is 19.6 Å². The van der Waals surface area contributed by atoms with Gasteiger partial charge in [-0.05, 0) is 12.1 Å². The Balaban J connectivity index is 2.64. The summed E-state index contributed by atoms with van der Waals surface area (Å²) in [6.07, 6.45) is -0.248. The summed E-state index contributed by atoms with van der Waals surface area (Å²) in [5, 5.41) is 8.58. The highest BCUT2D eigenvalue weighted by molar-refractivity contribution is 7.89. The predicted molar refractivity (Wildman–Crippen MR) is 89.2 cm³/mol. The zero-order valence-corrected chi connectivity index (χ0v) is 15.1. The minimum Gasteiger partial charge on any atom is -0.493 e. The van der Waals surface area contributed by atoms with Gasteiger partial charge in [-0.2, -0.15) is 0 Å². The molecule has 0 bridgehead atoms. The highest BCUT2D eigenvalue weighted by atomic mass is 32.2. The van der Waals surface area contributed by atoms with E-state index in [-0.39, 0.29) is 42.5 Å². The smallest absolute Gasteiger partial charge is 0.305 e. The lowest BCUT2D eigenvalue weighted by Gasteiger charge is -2.16. The number of rotatable bonds is 10. The number of carboxylic acids is 1. The molecular weight excluding hydrogens is 352 g/mol. The standard InChI is InChI=1S/C15H22N2O7S/c1-17(9-7-15(19)20)14(18)6-8-16-25(21,22)11-4-5-12(23-2)13(10-11)24-3/h4-5,10,16H,6-9H2,1-3H3,(H,19,20). The van der Waals surface area contributed by atoms with E-state index in [1.54, 1.807) is 0 Å². The fourth-order valence-corrected chi connectivity index (χ4v) is 2.99. The topological polar surface area (TPSA) is 122 Å². The van der Waals surface area contributed by atoms with Gasteiger partial charge in [-0.25, -0.2) is 13.1 Å². The number of hydrogen-bond acceptors (Lipinski definition) is 6. The van der Waals surface area contributed by atoms with E-state index < -0.39 is 16.0 Å². The molecule has 1 aromatic rings. The Kier molecular flexibility index (Phi) is 7.65. The number of ether oxygens (including phenoxy) is 2. The summed E-state index contributed by atoms with van der Waals surface area (Å²) in [6.45, 7) is -0.0382. The first-order valence-electron chi connectivity index (χ1n) is 7.38. The fraction of sp³-hybridized carbons (Fsp3) is 0.467. The Morgan fingerprint density at radius 2 is 1.80 bits per heavy atom. The second-order valence-corrected chi connectivity index (χ2v) is 6.89. The molecule has 0 saturated carbocycles. The maximum absolute atomic E-state index is 12.3. The van der Waals surface area contributed by atoms with Crippen LogP contribution in [0.3, 0.4) is 0 Å². The number of aliphatic carboxylic acids is 1. The molecule has 0 aliphatic heterocycles. The molecule has 9 nitrogen and oxygen atoms in total. The van der Waals surface area contributed by atoms with Crippen LogP contribution in [0.25, 0.3) is 0 Å². The molecule has 0 heterocycles. The average molecular weight is 374 g/mol. The van der Waals surface area contributed by atoms with Crippen LogP contribution in [0.1, 0.15) is 12.8 Å². The van der Waals surface area contributed by atoms with E-state index in [1.165, 1.54) is 44.4 Å². The van der Waals surface area contributed by atoms with Gasteiger partial charge in [0.1, 0.15) is 0 Å². The van der Waals surface area contributed by atoms with Crippen molar-refractivity contribution < 1.29 is 32.6 Å². The third kappa shape index (κ3) is 6.24. The maximum Gasteiger partial charge on any atom is 0.305 e. The second kappa shape index (κ2) is 9.23. The maximum atomic E-state index is 12.3. The molecule has 0 fully saturated rings. The van der Waals surface area contributed by atoms with Gasteiger partial charge in [0, 0.05) is 32.6 Å². The van der Waals surface area contributed by atoms with Gasteiger partial charge in [-0.15, -0.1) is 0 Å². The molecule has 2 N–H and O–H groups in total. The minimum absolute atomic E-state index is 0.0168. The predicted octanol–water partition coefficient (Wildman–Crippen LogP) is 0.305. The van der Waals surface area contributed by atoms with Gasteiger partial charge in [0.15, 0.2) is 11.5 Å². The van der Waals surface area contributed by atoms with Crippen molar-refractivity contribution in [3.8, 4) is 11.5 Å². The van der Waals surface area contributed by atoms with E-state index >= 15 is 0 Å². The molecule has 0 aliphatic carbocycles. The van der Waals surface area contributed by atoms with Crippen LogP contribution in [0, 0.1) is 0 Å². The van der Waals surface area contributed by atoms with E-state index in [4.69, 9.17) is 14.6 Å².